The molecule has 4 aromatic rings. The van der Waals surface area contributed by atoms with Crippen LogP contribution in [0.15, 0.2) is 108 Å². The van der Waals surface area contributed by atoms with Crippen molar-refractivity contribution in [3.8, 4) is 11.5 Å². The fourth-order valence-corrected chi connectivity index (χ4v) is 6.89. The molecular formula is C36H38O8S. The summed E-state index contributed by atoms with van der Waals surface area (Å²) in [6.07, 6.45) is -3.04. The summed E-state index contributed by atoms with van der Waals surface area (Å²) in [6.45, 7) is 2.78. The third-order valence-electron chi connectivity index (χ3n) is 8.02. The Morgan fingerprint density at radius 2 is 1.29 bits per heavy atom. The van der Waals surface area contributed by atoms with Crippen LogP contribution in [-0.4, -0.2) is 54.9 Å². The van der Waals surface area contributed by atoms with Crippen molar-refractivity contribution in [3.63, 3.8) is 0 Å². The Kier molecular flexibility index (Phi) is 10.2. The molecule has 0 spiro atoms. The van der Waals surface area contributed by atoms with E-state index in [1.807, 2.05) is 110 Å². The summed E-state index contributed by atoms with van der Waals surface area (Å²) in [5.74, 6) is 1.52. The first-order chi connectivity index (χ1) is 22.0. The van der Waals surface area contributed by atoms with Crippen molar-refractivity contribution < 1.29 is 37.4 Å². The van der Waals surface area contributed by atoms with E-state index in [1.54, 1.807) is 14.2 Å². The van der Waals surface area contributed by atoms with Gasteiger partial charge in [0.25, 0.3) is 0 Å². The van der Waals surface area contributed by atoms with Crippen molar-refractivity contribution in [3.05, 3.63) is 125 Å². The fraction of sp³-hybridized carbons (Fsp3) is 0.333. The lowest BCUT2D eigenvalue weighted by Gasteiger charge is -2.49. The van der Waals surface area contributed by atoms with Crippen LogP contribution in [0.5, 0.6) is 11.5 Å². The fourth-order valence-electron chi connectivity index (χ4n) is 5.50. The zero-order chi connectivity index (χ0) is 31.2. The van der Waals surface area contributed by atoms with Crippen molar-refractivity contribution in [1.82, 2.24) is 0 Å². The van der Waals surface area contributed by atoms with Gasteiger partial charge in [0.1, 0.15) is 35.9 Å². The highest BCUT2D eigenvalue weighted by molar-refractivity contribution is 7.85. The number of methoxy groups -OCH3 is 2. The number of ether oxygens (including phenoxy) is 7. The lowest BCUT2D eigenvalue weighted by molar-refractivity contribution is -0.330. The Morgan fingerprint density at radius 3 is 1.87 bits per heavy atom. The van der Waals surface area contributed by atoms with Gasteiger partial charge in [0.15, 0.2) is 11.7 Å². The normalized spacial score (nSPS) is 25.2. The molecule has 7 atom stereocenters. The summed E-state index contributed by atoms with van der Waals surface area (Å²) < 4.78 is 57.5. The summed E-state index contributed by atoms with van der Waals surface area (Å²) >= 11 is 0. The van der Waals surface area contributed by atoms with Gasteiger partial charge in [0.05, 0.1) is 44.8 Å². The molecule has 8 nitrogen and oxygen atoms in total. The highest BCUT2D eigenvalue weighted by Gasteiger charge is 2.53. The summed E-state index contributed by atoms with van der Waals surface area (Å²) in [6, 6.07) is 32.8. The predicted octanol–water partition coefficient (Wildman–Crippen LogP) is 6.13. The molecule has 0 saturated carbocycles. The Morgan fingerprint density at radius 1 is 0.711 bits per heavy atom. The van der Waals surface area contributed by atoms with Crippen LogP contribution in [0.2, 0.25) is 0 Å². The molecule has 236 valence electrons. The van der Waals surface area contributed by atoms with Crippen molar-refractivity contribution in [2.75, 3.05) is 20.8 Å². The Balaban J connectivity index is 1.33. The average molecular weight is 631 g/mol. The van der Waals surface area contributed by atoms with Crippen LogP contribution in [0.1, 0.15) is 28.5 Å². The van der Waals surface area contributed by atoms with Crippen LogP contribution >= 0.6 is 0 Å². The monoisotopic (exact) mass is 630 g/mol. The van der Waals surface area contributed by atoms with Crippen molar-refractivity contribution in [1.29, 1.82) is 0 Å². The van der Waals surface area contributed by atoms with Gasteiger partial charge in [-0.2, -0.15) is 0 Å². The molecule has 0 unspecified atom stereocenters. The van der Waals surface area contributed by atoms with Gasteiger partial charge in [-0.3, -0.25) is 4.21 Å². The molecule has 0 aliphatic carbocycles. The summed E-state index contributed by atoms with van der Waals surface area (Å²) in [5, 5.41) is 0. The molecule has 2 fully saturated rings. The topological polar surface area (TPSA) is 81.7 Å². The Hall–Kier alpha value is -3.57. The second kappa shape index (κ2) is 14.7. The van der Waals surface area contributed by atoms with Crippen LogP contribution in [0.25, 0.3) is 0 Å². The molecular weight excluding hydrogens is 592 g/mol. The van der Waals surface area contributed by atoms with E-state index in [2.05, 4.69) is 0 Å². The molecule has 45 heavy (non-hydrogen) atoms. The van der Waals surface area contributed by atoms with Gasteiger partial charge >= 0.3 is 0 Å². The third-order valence-corrected chi connectivity index (χ3v) is 9.56. The first-order valence-corrected chi connectivity index (χ1v) is 16.2. The minimum atomic E-state index is -1.58. The molecule has 0 amide bonds. The van der Waals surface area contributed by atoms with Gasteiger partial charge in [0.2, 0.25) is 0 Å². The van der Waals surface area contributed by atoms with Gasteiger partial charge in [0, 0.05) is 10.5 Å². The summed E-state index contributed by atoms with van der Waals surface area (Å²) in [5.41, 5.74) is 3.02. The van der Waals surface area contributed by atoms with E-state index in [0.717, 1.165) is 33.8 Å². The van der Waals surface area contributed by atoms with Gasteiger partial charge < -0.3 is 33.2 Å². The zero-order valence-corrected chi connectivity index (χ0v) is 26.4. The average Bonchev–Trinajstić information content (AvgIpc) is 3.10. The lowest BCUT2D eigenvalue weighted by atomic mass is 9.98. The van der Waals surface area contributed by atoms with Crippen LogP contribution in [0.3, 0.4) is 0 Å². The number of benzene rings is 4. The van der Waals surface area contributed by atoms with Gasteiger partial charge in [-0.05, 0) is 54.4 Å². The van der Waals surface area contributed by atoms with Crippen LogP contribution < -0.4 is 9.47 Å². The van der Waals surface area contributed by atoms with Gasteiger partial charge in [-0.1, -0.05) is 72.3 Å². The van der Waals surface area contributed by atoms with Crippen molar-refractivity contribution >= 4 is 10.8 Å². The SMILES string of the molecule is COc1ccc(CO[C@@H]2[C@@H](OCc3ccc(OC)cc3)[C@H]([S@](=O)c3ccc(C)cc3)O[C@@H]3CO[C@@H](c4ccccc4)O[C@H]23)cc1. The highest BCUT2D eigenvalue weighted by atomic mass is 32.2. The molecule has 2 aliphatic heterocycles. The van der Waals surface area contributed by atoms with E-state index in [9.17, 15) is 4.21 Å². The molecule has 2 saturated heterocycles. The second-order valence-corrected chi connectivity index (χ2v) is 12.6. The molecule has 2 heterocycles. The third kappa shape index (κ3) is 7.47. The molecule has 9 heteroatoms. The minimum absolute atomic E-state index is 0.248. The molecule has 6 rings (SSSR count). The van der Waals surface area contributed by atoms with Crippen LogP contribution in [0, 0.1) is 6.92 Å². The quantitative estimate of drug-likeness (QED) is 0.196. The molecule has 4 aromatic carbocycles. The second-order valence-electron chi connectivity index (χ2n) is 11.1. The van der Waals surface area contributed by atoms with Crippen LogP contribution in [0.4, 0.5) is 0 Å². The molecule has 2 aliphatic rings. The Labute approximate surface area is 266 Å². The minimum Gasteiger partial charge on any atom is -0.497 e. The molecule has 0 aromatic heterocycles. The molecule has 0 radical (unpaired) electrons. The lowest BCUT2D eigenvalue weighted by Crippen LogP contribution is -2.63. The van der Waals surface area contributed by atoms with Crippen LogP contribution in [-0.2, 0) is 47.7 Å². The first-order valence-electron chi connectivity index (χ1n) is 15.0. The summed E-state index contributed by atoms with van der Waals surface area (Å²) in [4.78, 5) is 0.649. The first kappa shape index (κ1) is 31.4. The molecule has 0 N–H and O–H groups in total. The van der Waals surface area contributed by atoms with Crippen molar-refractivity contribution in [2.45, 2.75) is 61.2 Å². The smallest absolute Gasteiger partial charge is 0.184 e. The number of aryl methyl sites for hydroxylation is 1. The van der Waals surface area contributed by atoms with E-state index in [0.29, 0.717) is 4.90 Å². The van der Waals surface area contributed by atoms with E-state index in [-0.39, 0.29) is 19.8 Å². The predicted molar refractivity (Wildman–Crippen MR) is 169 cm³/mol. The van der Waals surface area contributed by atoms with Crippen molar-refractivity contribution in [2.24, 2.45) is 0 Å². The maximum absolute atomic E-state index is 14.2. The maximum atomic E-state index is 14.2. The highest BCUT2D eigenvalue weighted by Crippen LogP contribution is 2.39. The number of hydrogen-bond donors (Lipinski definition) is 0. The van der Waals surface area contributed by atoms with E-state index < -0.39 is 46.9 Å². The number of rotatable bonds is 11. The number of hydrogen-bond acceptors (Lipinski definition) is 8. The van der Waals surface area contributed by atoms with E-state index in [4.69, 9.17) is 33.2 Å². The largest absolute Gasteiger partial charge is 0.497 e. The van der Waals surface area contributed by atoms with E-state index in [1.165, 1.54) is 0 Å². The van der Waals surface area contributed by atoms with Gasteiger partial charge in [-0.15, -0.1) is 0 Å². The summed E-state index contributed by atoms with van der Waals surface area (Å²) in [7, 11) is 1.69. The van der Waals surface area contributed by atoms with E-state index >= 15 is 0 Å². The molecule has 0 bridgehead atoms. The number of fused-ring (bicyclic) bond motifs is 1. The van der Waals surface area contributed by atoms with Gasteiger partial charge in [-0.25, -0.2) is 0 Å². The standard InChI is InChI=1S/C36H38O8S/c1-24-9-19-30(20-10-24)45(37)36-34(41-22-26-13-17-29(39-3)18-14-26)33(40-21-25-11-15-28(38-2)16-12-25)32-31(43-36)23-42-35(44-32)27-7-5-4-6-8-27/h4-20,31-36H,21-23H2,1-3H3/t31-,32+,33+,34-,35-,36+,45-/m1/s1. The maximum Gasteiger partial charge on any atom is 0.184 e. The zero-order valence-electron chi connectivity index (χ0n) is 25.6. The Bertz CT molecular complexity index is 1530.